The first-order valence-electron chi connectivity index (χ1n) is 6.79. The zero-order chi connectivity index (χ0) is 13.0. The molecule has 1 aromatic carbocycles. The molecule has 0 amide bonds. The Kier molecular flexibility index (Phi) is 4.75. The summed E-state index contributed by atoms with van der Waals surface area (Å²) in [6.45, 7) is 5.74. The minimum atomic E-state index is 0.125. The van der Waals surface area contributed by atoms with Gasteiger partial charge in [-0.05, 0) is 37.1 Å². The van der Waals surface area contributed by atoms with E-state index in [4.69, 9.17) is 5.11 Å². The van der Waals surface area contributed by atoms with Crippen LogP contribution in [0, 0.1) is 5.92 Å². The van der Waals surface area contributed by atoms with Crippen molar-refractivity contribution in [3.8, 4) is 0 Å². The summed E-state index contributed by atoms with van der Waals surface area (Å²) < 4.78 is 0. The molecule has 0 spiro atoms. The van der Waals surface area contributed by atoms with E-state index in [-0.39, 0.29) is 6.61 Å². The number of aliphatic hydroxyl groups is 1. The molecule has 1 aliphatic heterocycles. The van der Waals surface area contributed by atoms with E-state index in [1.165, 1.54) is 25.1 Å². The maximum Gasteiger partial charge on any atom is 0.0681 e. The average Bonchev–Trinajstić information content (AvgIpc) is 2.38. The third-order valence-electron chi connectivity index (χ3n) is 3.88. The molecule has 1 fully saturated rings. The van der Waals surface area contributed by atoms with E-state index < -0.39 is 0 Å². The molecule has 1 saturated heterocycles. The van der Waals surface area contributed by atoms with Crippen molar-refractivity contribution in [3.63, 3.8) is 0 Å². The lowest BCUT2D eigenvalue weighted by Crippen LogP contribution is -2.46. The maximum atomic E-state index is 9.00. The molecule has 3 nitrogen and oxygen atoms in total. The zero-order valence-electron chi connectivity index (χ0n) is 11.4. The van der Waals surface area contributed by atoms with Gasteiger partial charge in [-0.2, -0.15) is 0 Å². The van der Waals surface area contributed by atoms with E-state index in [0.29, 0.717) is 12.0 Å². The predicted octanol–water partition coefficient (Wildman–Crippen LogP) is 1.61. The van der Waals surface area contributed by atoms with Crippen LogP contribution < -0.4 is 5.32 Å². The van der Waals surface area contributed by atoms with Gasteiger partial charge in [-0.3, -0.25) is 0 Å². The molecular weight excluding hydrogens is 224 g/mol. The van der Waals surface area contributed by atoms with Gasteiger partial charge in [0.25, 0.3) is 0 Å². The molecule has 2 N–H and O–H groups in total. The Labute approximate surface area is 110 Å². The van der Waals surface area contributed by atoms with Gasteiger partial charge in [-0.1, -0.05) is 31.2 Å². The van der Waals surface area contributed by atoms with Crippen molar-refractivity contribution in [2.24, 2.45) is 5.92 Å². The first kappa shape index (κ1) is 13.5. The lowest BCUT2D eigenvalue weighted by atomic mass is 9.94. The van der Waals surface area contributed by atoms with Gasteiger partial charge in [0.2, 0.25) is 0 Å². The first-order valence-corrected chi connectivity index (χ1v) is 6.79. The van der Waals surface area contributed by atoms with E-state index in [1.54, 1.807) is 0 Å². The summed E-state index contributed by atoms with van der Waals surface area (Å²) in [6, 6.07) is 8.80. The summed E-state index contributed by atoms with van der Waals surface area (Å²) in [4.78, 5) is 2.40. The predicted molar refractivity (Wildman–Crippen MR) is 74.3 cm³/mol. The quantitative estimate of drug-likeness (QED) is 0.850. The van der Waals surface area contributed by atoms with Crippen LogP contribution in [0.3, 0.4) is 0 Å². The number of hydrogen-bond donors (Lipinski definition) is 2. The highest BCUT2D eigenvalue weighted by Crippen LogP contribution is 2.16. The molecule has 0 bridgehead atoms. The van der Waals surface area contributed by atoms with Crippen LogP contribution in [0.4, 0.5) is 0 Å². The molecule has 3 heteroatoms. The summed E-state index contributed by atoms with van der Waals surface area (Å²) in [6.07, 6.45) is 1.23. The highest BCUT2D eigenvalue weighted by Gasteiger charge is 2.23. The molecule has 18 heavy (non-hydrogen) atoms. The van der Waals surface area contributed by atoms with Gasteiger partial charge in [0.1, 0.15) is 0 Å². The second-order valence-corrected chi connectivity index (χ2v) is 5.49. The molecule has 2 unspecified atom stereocenters. The third-order valence-corrected chi connectivity index (χ3v) is 3.88. The smallest absolute Gasteiger partial charge is 0.0681 e. The van der Waals surface area contributed by atoms with Crippen LogP contribution in [-0.4, -0.2) is 36.2 Å². The molecule has 0 radical (unpaired) electrons. The Bertz CT molecular complexity index is 363. The summed E-state index contributed by atoms with van der Waals surface area (Å²) in [5.41, 5.74) is 2.27. The number of nitrogens with zero attached hydrogens (tertiary/aromatic N) is 1. The fraction of sp³-hybridized carbons (Fsp3) is 0.600. The van der Waals surface area contributed by atoms with Crippen LogP contribution >= 0.6 is 0 Å². The normalized spacial score (nSPS) is 25.3. The third kappa shape index (κ3) is 3.55. The Hall–Kier alpha value is -0.900. The lowest BCUT2D eigenvalue weighted by Gasteiger charge is -2.35. The standard InChI is InChI=1S/C15H24N2O/c1-12-10-17(2)8-7-15(12)16-9-13-3-5-14(11-18)6-4-13/h3-6,12,15-16,18H,7-11H2,1-2H3. The van der Waals surface area contributed by atoms with E-state index in [0.717, 1.165) is 12.1 Å². The average molecular weight is 248 g/mol. The lowest BCUT2D eigenvalue weighted by molar-refractivity contribution is 0.174. The van der Waals surface area contributed by atoms with Gasteiger partial charge in [-0.15, -0.1) is 0 Å². The first-order chi connectivity index (χ1) is 8.69. The van der Waals surface area contributed by atoms with Crippen molar-refractivity contribution in [2.45, 2.75) is 32.5 Å². The Morgan fingerprint density at radius 2 is 1.94 bits per heavy atom. The van der Waals surface area contributed by atoms with Crippen LogP contribution in [0.25, 0.3) is 0 Å². The van der Waals surface area contributed by atoms with Gasteiger partial charge in [0.05, 0.1) is 6.61 Å². The maximum absolute atomic E-state index is 9.00. The monoisotopic (exact) mass is 248 g/mol. The zero-order valence-corrected chi connectivity index (χ0v) is 11.4. The Balaban J connectivity index is 1.83. The number of benzene rings is 1. The van der Waals surface area contributed by atoms with E-state index in [9.17, 15) is 0 Å². The Morgan fingerprint density at radius 3 is 2.56 bits per heavy atom. The van der Waals surface area contributed by atoms with Crippen LogP contribution in [0.1, 0.15) is 24.5 Å². The molecule has 0 aromatic heterocycles. The molecule has 0 saturated carbocycles. The topological polar surface area (TPSA) is 35.5 Å². The van der Waals surface area contributed by atoms with E-state index >= 15 is 0 Å². The van der Waals surface area contributed by atoms with E-state index in [1.807, 2.05) is 12.1 Å². The minimum Gasteiger partial charge on any atom is -0.392 e. The van der Waals surface area contributed by atoms with Gasteiger partial charge in [0, 0.05) is 19.1 Å². The summed E-state index contributed by atoms with van der Waals surface area (Å²) in [5.74, 6) is 0.709. The molecule has 1 aliphatic rings. The Morgan fingerprint density at radius 1 is 1.28 bits per heavy atom. The second kappa shape index (κ2) is 6.32. The highest BCUT2D eigenvalue weighted by atomic mass is 16.3. The second-order valence-electron chi connectivity index (χ2n) is 5.49. The number of piperidine rings is 1. The van der Waals surface area contributed by atoms with Crippen LogP contribution in [0.5, 0.6) is 0 Å². The molecule has 1 aromatic rings. The van der Waals surface area contributed by atoms with Crippen molar-refractivity contribution in [2.75, 3.05) is 20.1 Å². The van der Waals surface area contributed by atoms with Crippen molar-refractivity contribution >= 4 is 0 Å². The fourth-order valence-electron chi connectivity index (χ4n) is 2.67. The summed E-state index contributed by atoms with van der Waals surface area (Å²) in [5, 5.41) is 12.7. The number of likely N-dealkylation sites (tertiary alicyclic amines) is 1. The summed E-state index contributed by atoms with van der Waals surface area (Å²) >= 11 is 0. The van der Waals surface area contributed by atoms with Crippen LogP contribution in [0.15, 0.2) is 24.3 Å². The van der Waals surface area contributed by atoms with Crippen molar-refractivity contribution < 1.29 is 5.11 Å². The number of rotatable bonds is 4. The largest absolute Gasteiger partial charge is 0.392 e. The summed E-state index contributed by atoms with van der Waals surface area (Å²) in [7, 11) is 2.19. The SMILES string of the molecule is CC1CN(C)CCC1NCc1ccc(CO)cc1. The van der Waals surface area contributed by atoms with Gasteiger partial charge in [0.15, 0.2) is 0 Å². The van der Waals surface area contributed by atoms with Crippen molar-refractivity contribution in [3.05, 3.63) is 35.4 Å². The van der Waals surface area contributed by atoms with Crippen LogP contribution in [-0.2, 0) is 13.2 Å². The molecule has 100 valence electrons. The van der Waals surface area contributed by atoms with Crippen molar-refractivity contribution in [1.29, 1.82) is 0 Å². The van der Waals surface area contributed by atoms with Crippen LogP contribution in [0.2, 0.25) is 0 Å². The van der Waals surface area contributed by atoms with Crippen molar-refractivity contribution in [1.82, 2.24) is 10.2 Å². The number of nitrogens with one attached hydrogen (secondary N) is 1. The molecule has 0 aliphatic carbocycles. The number of aliphatic hydroxyl groups excluding tert-OH is 1. The molecular formula is C15H24N2O. The van der Waals surface area contributed by atoms with Gasteiger partial charge < -0.3 is 15.3 Å². The molecule has 1 heterocycles. The number of hydrogen-bond acceptors (Lipinski definition) is 3. The van der Waals surface area contributed by atoms with Gasteiger partial charge >= 0.3 is 0 Å². The molecule has 2 rings (SSSR count). The highest BCUT2D eigenvalue weighted by molar-refractivity contribution is 5.21. The minimum absolute atomic E-state index is 0.125. The fourth-order valence-corrected chi connectivity index (χ4v) is 2.67. The molecule has 2 atom stereocenters. The van der Waals surface area contributed by atoms with E-state index in [2.05, 4.69) is 36.3 Å². The van der Waals surface area contributed by atoms with Gasteiger partial charge in [-0.25, -0.2) is 0 Å².